The highest BCUT2D eigenvalue weighted by molar-refractivity contribution is 5.90. The van der Waals surface area contributed by atoms with Gasteiger partial charge < -0.3 is 5.32 Å². The van der Waals surface area contributed by atoms with Crippen molar-refractivity contribution in [3.63, 3.8) is 0 Å². The number of rotatable bonds is 6. The number of hydrogen-bond donors (Lipinski definition) is 2. The van der Waals surface area contributed by atoms with Gasteiger partial charge in [-0.3, -0.25) is 9.89 Å². The lowest BCUT2D eigenvalue weighted by Crippen LogP contribution is -2.25. The van der Waals surface area contributed by atoms with Gasteiger partial charge in [-0.1, -0.05) is 37.3 Å². The quantitative estimate of drug-likeness (QED) is 0.775. The molecule has 0 spiro atoms. The summed E-state index contributed by atoms with van der Waals surface area (Å²) in [6.07, 6.45) is 2.60. The first kappa shape index (κ1) is 13.3. The van der Waals surface area contributed by atoms with E-state index >= 15 is 0 Å². The van der Waals surface area contributed by atoms with Gasteiger partial charge >= 0.3 is 0 Å². The van der Waals surface area contributed by atoms with E-state index in [9.17, 15) is 4.79 Å². The number of nitrogens with zero attached hydrogens (tertiary/aromatic N) is 2. The lowest BCUT2D eigenvalue weighted by Gasteiger charge is -2.02. The van der Waals surface area contributed by atoms with Crippen LogP contribution in [0, 0.1) is 0 Å². The van der Waals surface area contributed by atoms with Crippen molar-refractivity contribution in [3.05, 3.63) is 47.5 Å². The van der Waals surface area contributed by atoms with Crippen molar-refractivity contribution < 1.29 is 4.79 Å². The van der Waals surface area contributed by atoms with E-state index < -0.39 is 0 Å². The molecule has 0 unspecified atom stereocenters. The number of amides is 1. The summed E-state index contributed by atoms with van der Waals surface area (Å²) in [7, 11) is 0. The van der Waals surface area contributed by atoms with Crippen molar-refractivity contribution in [2.45, 2.75) is 26.2 Å². The molecule has 100 valence electrons. The number of carbonyl (C=O) groups excluding carboxylic acids is 1. The van der Waals surface area contributed by atoms with Crippen LogP contribution in [-0.4, -0.2) is 27.6 Å². The lowest BCUT2D eigenvalue weighted by molar-refractivity contribution is 0.0943. The maximum Gasteiger partial charge on any atom is 0.290 e. The predicted octanol–water partition coefficient (Wildman–Crippen LogP) is 1.73. The first-order chi connectivity index (χ1) is 9.29. The van der Waals surface area contributed by atoms with E-state index in [4.69, 9.17) is 0 Å². The molecule has 2 N–H and O–H groups in total. The van der Waals surface area contributed by atoms with Crippen LogP contribution in [0.4, 0.5) is 0 Å². The van der Waals surface area contributed by atoms with Crippen molar-refractivity contribution in [3.8, 4) is 0 Å². The van der Waals surface area contributed by atoms with Gasteiger partial charge in [-0.2, -0.15) is 0 Å². The Labute approximate surface area is 112 Å². The van der Waals surface area contributed by atoms with Crippen molar-refractivity contribution in [2.24, 2.45) is 0 Å². The Bertz CT molecular complexity index is 521. The molecule has 1 aromatic carbocycles. The second-order valence-electron chi connectivity index (χ2n) is 4.30. The third-order valence-corrected chi connectivity index (χ3v) is 2.84. The Morgan fingerprint density at radius 1 is 1.32 bits per heavy atom. The van der Waals surface area contributed by atoms with E-state index in [1.165, 1.54) is 5.56 Å². The molecule has 0 saturated carbocycles. The van der Waals surface area contributed by atoms with E-state index in [0.29, 0.717) is 6.54 Å². The van der Waals surface area contributed by atoms with Gasteiger partial charge in [0.2, 0.25) is 5.82 Å². The minimum Gasteiger partial charge on any atom is -0.349 e. The number of nitrogens with one attached hydrogen (secondary N) is 2. The van der Waals surface area contributed by atoms with Crippen molar-refractivity contribution >= 4 is 5.91 Å². The molecule has 1 heterocycles. The van der Waals surface area contributed by atoms with Gasteiger partial charge in [0, 0.05) is 13.0 Å². The molecule has 0 bridgehead atoms. The Kier molecular flexibility index (Phi) is 4.66. The fraction of sp³-hybridized carbons (Fsp3) is 0.357. The standard InChI is InChI=1S/C14H18N4O/c1-2-12-16-13(18-17-12)14(19)15-10-6-9-11-7-4-3-5-8-11/h3-5,7-8H,2,6,9-10H2,1H3,(H,15,19)(H,16,17,18). The van der Waals surface area contributed by atoms with E-state index in [0.717, 1.165) is 25.1 Å². The summed E-state index contributed by atoms with van der Waals surface area (Å²) in [6, 6.07) is 10.2. The summed E-state index contributed by atoms with van der Waals surface area (Å²) in [4.78, 5) is 15.8. The minimum absolute atomic E-state index is 0.219. The fourth-order valence-corrected chi connectivity index (χ4v) is 1.77. The number of hydrogen-bond acceptors (Lipinski definition) is 3. The largest absolute Gasteiger partial charge is 0.349 e. The number of aromatic nitrogens is 3. The number of carbonyl (C=O) groups is 1. The molecule has 2 aromatic rings. The smallest absolute Gasteiger partial charge is 0.290 e. The Hall–Kier alpha value is -2.17. The van der Waals surface area contributed by atoms with Crippen LogP contribution in [0.2, 0.25) is 0 Å². The van der Waals surface area contributed by atoms with Crippen LogP contribution in [0.15, 0.2) is 30.3 Å². The third kappa shape index (κ3) is 3.91. The highest BCUT2D eigenvalue weighted by Crippen LogP contribution is 2.01. The fourth-order valence-electron chi connectivity index (χ4n) is 1.77. The van der Waals surface area contributed by atoms with Gasteiger partial charge in [-0.25, -0.2) is 4.98 Å². The van der Waals surface area contributed by atoms with Gasteiger partial charge in [0.15, 0.2) is 0 Å². The molecule has 0 aliphatic heterocycles. The maximum atomic E-state index is 11.7. The van der Waals surface area contributed by atoms with Gasteiger partial charge in [-0.15, -0.1) is 5.10 Å². The molecule has 1 amide bonds. The third-order valence-electron chi connectivity index (χ3n) is 2.84. The molecule has 0 fully saturated rings. The second-order valence-corrected chi connectivity index (χ2v) is 4.30. The zero-order valence-corrected chi connectivity index (χ0v) is 11.0. The molecule has 0 aliphatic carbocycles. The number of benzene rings is 1. The zero-order valence-electron chi connectivity index (χ0n) is 11.0. The van der Waals surface area contributed by atoms with Crippen molar-refractivity contribution in [1.82, 2.24) is 20.5 Å². The van der Waals surface area contributed by atoms with Crippen LogP contribution in [0.5, 0.6) is 0 Å². The summed E-state index contributed by atoms with van der Waals surface area (Å²) in [5.41, 5.74) is 1.28. The van der Waals surface area contributed by atoms with Crippen LogP contribution in [0.25, 0.3) is 0 Å². The summed E-state index contributed by atoms with van der Waals surface area (Å²) >= 11 is 0. The molecule has 5 heteroatoms. The Morgan fingerprint density at radius 3 is 2.79 bits per heavy atom. The molecule has 2 rings (SSSR count). The lowest BCUT2D eigenvalue weighted by atomic mass is 10.1. The second kappa shape index (κ2) is 6.68. The first-order valence-electron chi connectivity index (χ1n) is 6.53. The first-order valence-corrected chi connectivity index (χ1v) is 6.53. The molecular formula is C14H18N4O. The SMILES string of the molecule is CCc1nc(C(=O)NCCCc2ccccc2)n[nH]1. The predicted molar refractivity (Wildman–Crippen MR) is 72.9 cm³/mol. The van der Waals surface area contributed by atoms with E-state index in [1.807, 2.05) is 25.1 Å². The number of aromatic amines is 1. The molecule has 5 nitrogen and oxygen atoms in total. The maximum absolute atomic E-state index is 11.7. The van der Waals surface area contributed by atoms with E-state index in [2.05, 4.69) is 32.6 Å². The molecule has 0 saturated heterocycles. The van der Waals surface area contributed by atoms with Crippen LogP contribution in [0.3, 0.4) is 0 Å². The monoisotopic (exact) mass is 258 g/mol. The molecule has 1 aromatic heterocycles. The van der Waals surface area contributed by atoms with Crippen LogP contribution >= 0.6 is 0 Å². The van der Waals surface area contributed by atoms with Crippen LogP contribution in [0.1, 0.15) is 35.4 Å². The zero-order chi connectivity index (χ0) is 13.5. The van der Waals surface area contributed by atoms with E-state index in [1.54, 1.807) is 0 Å². The summed E-state index contributed by atoms with van der Waals surface area (Å²) in [5.74, 6) is 0.731. The van der Waals surface area contributed by atoms with Crippen molar-refractivity contribution in [1.29, 1.82) is 0 Å². The Morgan fingerprint density at radius 2 is 2.11 bits per heavy atom. The number of H-pyrrole nitrogens is 1. The van der Waals surface area contributed by atoms with Gasteiger partial charge in [0.1, 0.15) is 5.82 Å². The molecule has 19 heavy (non-hydrogen) atoms. The Balaban J connectivity index is 1.72. The van der Waals surface area contributed by atoms with Gasteiger partial charge in [0.25, 0.3) is 5.91 Å². The van der Waals surface area contributed by atoms with Crippen molar-refractivity contribution in [2.75, 3.05) is 6.54 Å². The van der Waals surface area contributed by atoms with Gasteiger partial charge in [-0.05, 0) is 18.4 Å². The summed E-state index contributed by atoms with van der Waals surface area (Å²) < 4.78 is 0. The highest BCUT2D eigenvalue weighted by Gasteiger charge is 2.10. The molecule has 0 aliphatic rings. The summed E-state index contributed by atoms with van der Waals surface area (Å²) in [6.45, 7) is 2.59. The topological polar surface area (TPSA) is 70.7 Å². The summed E-state index contributed by atoms with van der Waals surface area (Å²) in [5, 5.41) is 9.43. The van der Waals surface area contributed by atoms with Crippen LogP contribution < -0.4 is 5.32 Å². The number of aryl methyl sites for hydroxylation is 2. The molecule has 0 atom stereocenters. The average molecular weight is 258 g/mol. The molecule has 0 radical (unpaired) electrons. The average Bonchev–Trinajstić information content (AvgIpc) is 2.93. The van der Waals surface area contributed by atoms with Crippen LogP contribution in [-0.2, 0) is 12.8 Å². The highest BCUT2D eigenvalue weighted by atomic mass is 16.2. The normalized spacial score (nSPS) is 10.4. The van der Waals surface area contributed by atoms with E-state index in [-0.39, 0.29) is 11.7 Å². The minimum atomic E-state index is -0.219. The molecular weight excluding hydrogens is 240 g/mol. The van der Waals surface area contributed by atoms with Gasteiger partial charge in [0.05, 0.1) is 0 Å².